The Morgan fingerprint density at radius 1 is 1.33 bits per heavy atom. The number of carbonyl (C=O) groups is 1. The van der Waals surface area contributed by atoms with Gasteiger partial charge in [0.1, 0.15) is 11.8 Å². The van der Waals surface area contributed by atoms with Crippen LogP contribution in [0.15, 0.2) is 28.8 Å². The quantitative estimate of drug-likeness (QED) is 0.836. The average Bonchev–Trinajstić information content (AvgIpc) is 3.19. The number of piperidine rings is 1. The number of hydrogen-bond donors (Lipinski definition) is 1. The topological polar surface area (TPSA) is 89.7 Å². The molecule has 2 heterocycles. The summed E-state index contributed by atoms with van der Waals surface area (Å²) in [6.45, 7) is 5.90. The van der Waals surface area contributed by atoms with Crippen LogP contribution in [0.3, 0.4) is 0 Å². The molecule has 0 aliphatic carbocycles. The van der Waals surface area contributed by atoms with Gasteiger partial charge in [0.15, 0.2) is 0 Å². The second-order valence-corrected chi connectivity index (χ2v) is 6.50. The minimum absolute atomic E-state index is 0.123. The summed E-state index contributed by atoms with van der Waals surface area (Å²) in [5.74, 6) is 1.61. The zero-order chi connectivity index (χ0) is 19.2. The number of amides is 2. The maximum atomic E-state index is 12.5. The molecule has 0 unspecified atom stereocenters. The molecule has 1 aliphatic heterocycles. The first-order valence-electron chi connectivity index (χ1n) is 9.25. The van der Waals surface area contributed by atoms with Crippen LogP contribution in [-0.4, -0.2) is 54.0 Å². The van der Waals surface area contributed by atoms with Gasteiger partial charge < -0.3 is 24.2 Å². The van der Waals surface area contributed by atoms with Gasteiger partial charge in [0, 0.05) is 25.3 Å². The highest BCUT2D eigenvalue weighted by Gasteiger charge is 2.25. The largest absolute Gasteiger partial charge is 0.497 e. The minimum atomic E-state index is -0.374. The number of likely N-dealkylation sites (tertiary alicyclic amines) is 1. The Kier molecular flexibility index (Phi) is 6.28. The Hall–Kier alpha value is -2.61. The molecule has 1 aliphatic rings. The fourth-order valence-corrected chi connectivity index (χ4v) is 3.07. The lowest BCUT2D eigenvalue weighted by atomic mass is 10.1. The highest BCUT2D eigenvalue weighted by molar-refractivity contribution is 5.74. The Labute approximate surface area is 158 Å². The molecule has 146 valence electrons. The van der Waals surface area contributed by atoms with E-state index in [0.717, 1.165) is 24.2 Å². The van der Waals surface area contributed by atoms with E-state index in [9.17, 15) is 4.79 Å². The maximum Gasteiger partial charge on any atom is 0.318 e. The van der Waals surface area contributed by atoms with Crippen LogP contribution >= 0.6 is 0 Å². The summed E-state index contributed by atoms with van der Waals surface area (Å²) in [5, 5.41) is 6.93. The number of hydrogen-bond acceptors (Lipinski definition) is 6. The van der Waals surface area contributed by atoms with E-state index in [-0.39, 0.29) is 18.2 Å². The average molecular weight is 374 g/mol. The molecule has 8 heteroatoms. The standard InChI is InChI=1S/C19H26N4O4/c1-4-26-16-9-11-23(12-10-16)19(24)20-13(2)18-21-17(22-27-18)14-5-7-15(25-3)8-6-14/h5-8,13,16H,4,9-12H2,1-3H3,(H,20,24)/t13-/m1/s1. The first kappa shape index (κ1) is 19.2. The van der Waals surface area contributed by atoms with Crippen molar-refractivity contribution in [2.24, 2.45) is 0 Å². The Morgan fingerprint density at radius 2 is 2.04 bits per heavy atom. The van der Waals surface area contributed by atoms with Gasteiger partial charge in [0.25, 0.3) is 0 Å². The molecule has 2 amide bonds. The van der Waals surface area contributed by atoms with Gasteiger partial charge in [-0.15, -0.1) is 0 Å². The van der Waals surface area contributed by atoms with Gasteiger partial charge in [0.2, 0.25) is 11.7 Å². The number of ether oxygens (including phenoxy) is 2. The molecule has 1 N–H and O–H groups in total. The van der Waals surface area contributed by atoms with Crippen LogP contribution in [0.25, 0.3) is 11.4 Å². The van der Waals surface area contributed by atoms with Gasteiger partial charge in [-0.25, -0.2) is 4.79 Å². The molecular formula is C19H26N4O4. The van der Waals surface area contributed by atoms with Crippen LogP contribution in [-0.2, 0) is 4.74 Å². The molecule has 1 saturated heterocycles. The molecule has 3 rings (SSSR count). The van der Waals surface area contributed by atoms with Crippen molar-refractivity contribution in [3.05, 3.63) is 30.2 Å². The predicted octanol–water partition coefficient (Wildman–Crippen LogP) is 3.02. The number of methoxy groups -OCH3 is 1. The zero-order valence-corrected chi connectivity index (χ0v) is 16.0. The van der Waals surface area contributed by atoms with Gasteiger partial charge in [0.05, 0.1) is 13.2 Å². The fraction of sp³-hybridized carbons (Fsp3) is 0.526. The molecule has 0 bridgehead atoms. The van der Waals surface area contributed by atoms with Crippen LogP contribution in [0, 0.1) is 0 Å². The molecular weight excluding hydrogens is 348 g/mol. The Bertz CT molecular complexity index is 738. The monoisotopic (exact) mass is 374 g/mol. The second-order valence-electron chi connectivity index (χ2n) is 6.50. The molecule has 1 aromatic heterocycles. The number of nitrogens with one attached hydrogen (secondary N) is 1. The van der Waals surface area contributed by atoms with Crippen LogP contribution in [0.2, 0.25) is 0 Å². The van der Waals surface area contributed by atoms with Gasteiger partial charge in [-0.05, 0) is 51.0 Å². The van der Waals surface area contributed by atoms with E-state index in [2.05, 4.69) is 15.5 Å². The summed E-state index contributed by atoms with van der Waals surface area (Å²) in [6.07, 6.45) is 1.97. The number of urea groups is 1. The summed E-state index contributed by atoms with van der Waals surface area (Å²) < 4.78 is 16.1. The van der Waals surface area contributed by atoms with E-state index >= 15 is 0 Å². The second kappa shape index (κ2) is 8.85. The molecule has 8 nitrogen and oxygen atoms in total. The number of carbonyl (C=O) groups excluding carboxylic acids is 1. The molecule has 1 atom stereocenters. The Morgan fingerprint density at radius 3 is 2.67 bits per heavy atom. The third-order valence-electron chi connectivity index (χ3n) is 4.63. The van der Waals surface area contributed by atoms with E-state index in [0.29, 0.717) is 31.4 Å². The van der Waals surface area contributed by atoms with Gasteiger partial charge in [-0.2, -0.15) is 4.98 Å². The van der Waals surface area contributed by atoms with Crippen molar-refractivity contribution in [2.45, 2.75) is 38.8 Å². The maximum absolute atomic E-state index is 12.5. The van der Waals surface area contributed by atoms with Gasteiger partial charge in [-0.1, -0.05) is 5.16 Å². The van der Waals surface area contributed by atoms with Crippen molar-refractivity contribution in [3.63, 3.8) is 0 Å². The number of rotatable bonds is 6. The highest BCUT2D eigenvalue weighted by Crippen LogP contribution is 2.22. The summed E-state index contributed by atoms with van der Waals surface area (Å²) in [7, 11) is 1.62. The minimum Gasteiger partial charge on any atom is -0.497 e. The summed E-state index contributed by atoms with van der Waals surface area (Å²) >= 11 is 0. The van der Waals surface area contributed by atoms with Crippen LogP contribution < -0.4 is 10.1 Å². The molecule has 0 radical (unpaired) electrons. The molecule has 0 spiro atoms. The third kappa shape index (κ3) is 4.77. The van der Waals surface area contributed by atoms with E-state index in [1.807, 2.05) is 38.1 Å². The normalized spacial score (nSPS) is 16.2. The predicted molar refractivity (Wildman–Crippen MR) is 99.5 cm³/mol. The number of aromatic nitrogens is 2. The lowest BCUT2D eigenvalue weighted by Gasteiger charge is -2.32. The number of benzene rings is 1. The van der Waals surface area contributed by atoms with Crippen molar-refractivity contribution in [2.75, 3.05) is 26.8 Å². The molecule has 2 aromatic rings. The summed E-state index contributed by atoms with van der Waals surface area (Å²) in [5.41, 5.74) is 0.822. The van der Waals surface area contributed by atoms with Crippen molar-refractivity contribution < 1.29 is 18.8 Å². The van der Waals surface area contributed by atoms with Crippen molar-refractivity contribution in [1.29, 1.82) is 0 Å². The van der Waals surface area contributed by atoms with Crippen LogP contribution in [0.5, 0.6) is 5.75 Å². The van der Waals surface area contributed by atoms with E-state index in [1.54, 1.807) is 12.0 Å². The lowest BCUT2D eigenvalue weighted by Crippen LogP contribution is -2.46. The van der Waals surface area contributed by atoms with E-state index < -0.39 is 0 Å². The number of nitrogens with zero attached hydrogens (tertiary/aromatic N) is 3. The molecule has 1 fully saturated rings. The van der Waals surface area contributed by atoms with Crippen molar-refractivity contribution in [3.8, 4) is 17.1 Å². The van der Waals surface area contributed by atoms with Crippen LogP contribution in [0.1, 0.15) is 38.6 Å². The molecule has 27 heavy (non-hydrogen) atoms. The zero-order valence-electron chi connectivity index (χ0n) is 16.0. The van der Waals surface area contributed by atoms with Crippen molar-refractivity contribution in [1.82, 2.24) is 20.4 Å². The summed E-state index contributed by atoms with van der Waals surface area (Å²) in [6, 6.07) is 6.90. The highest BCUT2D eigenvalue weighted by atomic mass is 16.5. The van der Waals surface area contributed by atoms with E-state index in [1.165, 1.54) is 0 Å². The third-order valence-corrected chi connectivity index (χ3v) is 4.63. The summed E-state index contributed by atoms with van der Waals surface area (Å²) in [4.78, 5) is 18.7. The van der Waals surface area contributed by atoms with Crippen molar-refractivity contribution >= 4 is 6.03 Å². The van der Waals surface area contributed by atoms with Gasteiger partial charge in [-0.3, -0.25) is 0 Å². The molecule has 0 saturated carbocycles. The first-order chi connectivity index (χ1) is 13.1. The fourth-order valence-electron chi connectivity index (χ4n) is 3.07. The lowest BCUT2D eigenvalue weighted by molar-refractivity contribution is 0.0217. The molecule has 1 aromatic carbocycles. The van der Waals surface area contributed by atoms with E-state index in [4.69, 9.17) is 14.0 Å². The smallest absolute Gasteiger partial charge is 0.318 e. The van der Waals surface area contributed by atoms with Crippen LogP contribution in [0.4, 0.5) is 4.79 Å². The first-order valence-corrected chi connectivity index (χ1v) is 9.25. The van der Waals surface area contributed by atoms with Gasteiger partial charge >= 0.3 is 6.03 Å². The Balaban J connectivity index is 1.56. The SMILES string of the molecule is CCOC1CCN(C(=O)N[C@H](C)c2nc(-c3ccc(OC)cc3)no2)CC1.